The number of carbonyl (C=O) groups excluding carboxylic acids is 1. The molecule has 0 spiro atoms. The molecule has 0 bridgehead atoms. The molecule has 24 heavy (non-hydrogen) atoms. The van der Waals surface area contributed by atoms with Crippen molar-refractivity contribution in [2.75, 3.05) is 6.54 Å². The van der Waals surface area contributed by atoms with Gasteiger partial charge in [-0.3, -0.25) is 9.89 Å². The number of fused-ring (bicyclic) bond motifs is 1. The maximum absolute atomic E-state index is 11.9. The first kappa shape index (κ1) is 15.3. The lowest BCUT2D eigenvalue weighted by atomic mass is 10.1. The molecule has 0 unspecified atom stereocenters. The Morgan fingerprint density at radius 3 is 3.04 bits per heavy atom. The summed E-state index contributed by atoms with van der Waals surface area (Å²) in [5.74, 6) is 0.123. The number of aromatic amines is 1. The van der Waals surface area contributed by atoms with E-state index in [4.69, 9.17) is 4.42 Å². The van der Waals surface area contributed by atoms with Crippen molar-refractivity contribution in [1.29, 1.82) is 5.26 Å². The second-order valence-electron chi connectivity index (χ2n) is 5.02. The predicted octanol–water partition coefficient (Wildman–Crippen LogP) is 3.03. The standard InChI is InChI=1S/C18H14N4O2/c1-2-7-20-18(23)13(10-19)8-14-11-21-22-17(14)16-9-12-5-3-4-6-15(12)24-16/h2-6,8-9,11H,1,7H2,(H,20,23)(H,21,22)/b13-8+. The van der Waals surface area contributed by atoms with Crippen molar-refractivity contribution in [1.82, 2.24) is 15.5 Å². The van der Waals surface area contributed by atoms with Crippen LogP contribution in [0, 0.1) is 11.3 Å². The van der Waals surface area contributed by atoms with Crippen molar-refractivity contribution in [3.8, 4) is 17.5 Å². The second kappa shape index (κ2) is 6.67. The Kier molecular flexibility index (Phi) is 4.25. The van der Waals surface area contributed by atoms with Gasteiger partial charge in [-0.15, -0.1) is 6.58 Å². The van der Waals surface area contributed by atoms with E-state index in [1.807, 2.05) is 36.4 Å². The third-order valence-corrected chi connectivity index (χ3v) is 3.41. The van der Waals surface area contributed by atoms with E-state index >= 15 is 0 Å². The zero-order valence-corrected chi connectivity index (χ0v) is 12.7. The molecule has 0 fully saturated rings. The highest BCUT2D eigenvalue weighted by Gasteiger charge is 2.14. The molecule has 0 atom stereocenters. The molecule has 0 aliphatic heterocycles. The summed E-state index contributed by atoms with van der Waals surface area (Å²) in [6.07, 6.45) is 4.57. The zero-order valence-electron chi connectivity index (χ0n) is 12.7. The van der Waals surface area contributed by atoms with Gasteiger partial charge in [-0.05, 0) is 18.2 Å². The van der Waals surface area contributed by atoms with Gasteiger partial charge in [-0.1, -0.05) is 24.3 Å². The Labute approximate surface area is 138 Å². The number of nitrogens with zero attached hydrogens (tertiary/aromatic N) is 2. The molecule has 0 saturated heterocycles. The Balaban J connectivity index is 1.97. The van der Waals surface area contributed by atoms with Crippen LogP contribution in [0.5, 0.6) is 0 Å². The molecule has 0 aliphatic carbocycles. The maximum atomic E-state index is 11.9. The summed E-state index contributed by atoms with van der Waals surface area (Å²) in [6, 6.07) is 11.4. The van der Waals surface area contributed by atoms with Crippen LogP contribution in [0.2, 0.25) is 0 Å². The number of furan rings is 1. The summed E-state index contributed by atoms with van der Waals surface area (Å²) in [5, 5.41) is 19.6. The van der Waals surface area contributed by atoms with Gasteiger partial charge < -0.3 is 9.73 Å². The summed E-state index contributed by atoms with van der Waals surface area (Å²) in [4.78, 5) is 11.9. The van der Waals surface area contributed by atoms with Gasteiger partial charge in [-0.25, -0.2) is 0 Å². The number of hydrogen-bond donors (Lipinski definition) is 2. The Morgan fingerprint density at radius 2 is 2.29 bits per heavy atom. The first-order valence-corrected chi connectivity index (χ1v) is 7.26. The van der Waals surface area contributed by atoms with Crippen LogP contribution < -0.4 is 5.32 Å². The largest absolute Gasteiger partial charge is 0.454 e. The molecule has 6 nitrogen and oxygen atoms in total. The minimum atomic E-state index is -0.464. The van der Waals surface area contributed by atoms with Crippen LogP contribution in [-0.2, 0) is 4.79 Å². The van der Waals surface area contributed by atoms with E-state index in [2.05, 4.69) is 22.1 Å². The first-order valence-electron chi connectivity index (χ1n) is 7.26. The topological polar surface area (TPSA) is 94.7 Å². The number of carbonyl (C=O) groups is 1. The number of H-pyrrole nitrogens is 1. The highest BCUT2D eigenvalue weighted by atomic mass is 16.3. The van der Waals surface area contributed by atoms with Crippen LogP contribution in [0.15, 0.2) is 59.2 Å². The number of benzene rings is 1. The molecule has 2 heterocycles. The number of aromatic nitrogens is 2. The van der Waals surface area contributed by atoms with E-state index in [1.54, 1.807) is 12.3 Å². The van der Waals surface area contributed by atoms with E-state index in [-0.39, 0.29) is 5.57 Å². The van der Waals surface area contributed by atoms with Gasteiger partial charge in [0.25, 0.3) is 5.91 Å². The molecule has 0 radical (unpaired) electrons. The fraction of sp³-hybridized carbons (Fsp3) is 0.0556. The minimum absolute atomic E-state index is 0.0180. The quantitative estimate of drug-likeness (QED) is 0.429. The van der Waals surface area contributed by atoms with Crippen LogP contribution >= 0.6 is 0 Å². The Morgan fingerprint density at radius 1 is 1.46 bits per heavy atom. The third kappa shape index (κ3) is 2.96. The van der Waals surface area contributed by atoms with Gasteiger partial charge in [0.2, 0.25) is 0 Å². The van der Waals surface area contributed by atoms with Crippen LogP contribution in [0.25, 0.3) is 28.5 Å². The molecule has 2 aromatic heterocycles. The number of rotatable bonds is 5. The van der Waals surface area contributed by atoms with E-state index in [1.165, 1.54) is 6.08 Å². The van der Waals surface area contributed by atoms with Crippen LogP contribution in [0.4, 0.5) is 0 Å². The van der Waals surface area contributed by atoms with Crippen LogP contribution in [-0.4, -0.2) is 22.6 Å². The van der Waals surface area contributed by atoms with Crippen molar-refractivity contribution in [2.24, 2.45) is 0 Å². The molecule has 3 rings (SSSR count). The van der Waals surface area contributed by atoms with Gasteiger partial charge in [0.1, 0.15) is 22.9 Å². The third-order valence-electron chi connectivity index (χ3n) is 3.41. The molecule has 3 aromatic rings. The van der Waals surface area contributed by atoms with Crippen molar-refractivity contribution in [3.05, 3.63) is 60.3 Å². The minimum Gasteiger partial charge on any atom is -0.454 e. The summed E-state index contributed by atoms with van der Waals surface area (Å²) < 4.78 is 5.80. The van der Waals surface area contributed by atoms with Gasteiger partial charge in [-0.2, -0.15) is 10.4 Å². The average molecular weight is 318 g/mol. The molecular weight excluding hydrogens is 304 g/mol. The van der Waals surface area contributed by atoms with E-state index in [0.29, 0.717) is 23.6 Å². The molecule has 0 saturated carbocycles. The van der Waals surface area contributed by atoms with Gasteiger partial charge in [0.15, 0.2) is 5.76 Å². The molecule has 118 valence electrons. The number of nitriles is 1. The molecule has 6 heteroatoms. The highest BCUT2D eigenvalue weighted by molar-refractivity contribution is 6.02. The Bertz CT molecular complexity index is 939. The number of hydrogen-bond acceptors (Lipinski definition) is 4. The van der Waals surface area contributed by atoms with Crippen molar-refractivity contribution >= 4 is 23.0 Å². The monoisotopic (exact) mass is 318 g/mol. The molecule has 1 amide bonds. The van der Waals surface area contributed by atoms with Gasteiger partial charge in [0, 0.05) is 17.5 Å². The fourth-order valence-corrected chi connectivity index (χ4v) is 2.27. The number of para-hydroxylation sites is 1. The summed E-state index contributed by atoms with van der Waals surface area (Å²) in [5.41, 5.74) is 1.94. The molecular formula is C18H14N4O2. The van der Waals surface area contributed by atoms with Crippen LogP contribution in [0.3, 0.4) is 0 Å². The zero-order chi connectivity index (χ0) is 16.9. The number of amides is 1. The smallest absolute Gasteiger partial charge is 0.262 e. The lowest BCUT2D eigenvalue weighted by Gasteiger charge is -2.00. The lowest BCUT2D eigenvalue weighted by Crippen LogP contribution is -2.24. The normalized spacial score (nSPS) is 11.2. The van der Waals surface area contributed by atoms with Gasteiger partial charge >= 0.3 is 0 Å². The lowest BCUT2D eigenvalue weighted by molar-refractivity contribution is -0.116. The van der Waals surface area contributed by atoms with Crippen molar-refractivity contribution < 1.29 is 9.21 Å². The van der Waals surface area contributed by atoms with Gasteiger partial charge in [0.05, 0.1) is 6.20 Å². The Hall–Kier alpha value is -3.59. The second-order valence-corrected chi connectivity index (χ2v) is 5.02. The number of nitrogens with one attached hydrogen (secondary N) is 2. The maximum Gasteiger partial charge on any atom is 0.262 e. The average Bonchev–Trinajstić information content (AvgIpc) is 3.23. The van der Waals surface area contributed by atoms with E-state index in [0.717, 1.165) is 11.0 Å². The molecule has 0 aliphatic rings. The summed E-state index contributed by atoms with van der Waals surface area (Å²) in [7, 11) is 0. The van der Waals surface area contributed by atoms with Crippen molar-refractivity contribution in [3.63, 3.8) is 0 Å². The SMILES string of the molecule is C=CCNC(=O)/C(C#N)=C/c1cn[nH]c1-c1cc2ccccc2o1. The summed E-state index contributed by atoms with van der Waals surface area (Å²) >= 11 is 0. The first-order chi connectivity index (χ1) is 11.7. The van der Waals surface area contributed by atoms with Crippen molar-refractivity contribution in [2.45, 2.75) is 0 Å². The predicted molar refractivity (Wildman–Crippen MR) is 90.6 cm³/mol. The summed E-state index contributed by atoms with van der Waals surface area (Å²) in [6.45, 7) is 3.81. The highest BCUT2D eigenvalue weighted by Crippen LogP contribution is 2.29. The van der Waals surface area contributed by atoms with E-state index < -0.39 is 5.91 Å². The molecule has 2 N–H and O–H groups in total. The molecule has 1 aromatic carbocycles. The fourth-order valence-electron chi connectivity index (χ4n) is 2.27. The van der Waals surface area contributed by atoms with E-state index in [9.17, 15) is 10.1 Å². The van der Waals surface area contributed by atoms with Crippen LogP contribution in [0.1, 0.15) is 5.56 Å².